The molecule has 2 rings (SSSR count). The minimum absolute atomic E-state index is 0.258. The van der Waals surface area contributed by atoms with E-state index in [0.717, 1.165) is 25.7 Å². The van der Waals surface area contributed by atoms with Crippen LogP contribution in [0.3, 0.4) is 0 Å². The van der Waals surface area contributed by atoms with Gasteiger partial charge in [-0.15, -0.1) is 0 Å². The van der Waals surface area contributed by atoms with Crippen LogP contribution >= 0.6 is 0 Å². The molecule has 4 heteroatoms. The lowest BCUT2D eigenvalue weighted by molar-refractivity contribution is -0.125. The molecule has 1 saturated carbocycles. The lowest BCUT2D eigenvalue weighted by Gasteiger charge is -2.27. The first-order valence-electron chi connectivity index (χ1n) is 7.36. The fraction of sp³-hybridized carbons (Fsp3) is 0.529. The van der Waals surface area contributed by atoms with Gasteiger partial charge in [-0.3, -0.25) is 0 Å². The third-order valence-electron chi connectivity index (χ3n) is 4.13. The highest BCUT2D eigenvalue weighted by atomic mass is 19.4. The summed E-state index contributed by atoms with van der Waals surface area (Å²) in [7, 11) is 0. The van der Waals surface area contributed by atoms with Gasteiger partial charge in [0, 0.05) is 0 Å². The van der Waals surface area contributed by atoms with E-state index in [2.05, 4.69) is 0 Å². The van der Waals surface area contributed by atoms with Crippen molar-refractivity contribution >= 4 is 0 Å². The lowest BCUT2D eigenvalue weighted by Crippen LogP contribution is -2.12. The molecule has 0 radical (unpaired) electrons. The molecule has 1 aliphatic carbocycles. The molecule has 21 heavy (non-hydrogen) atoms. The summed E-state index contributed by atoms with van der Waals surface area (Å²) in [5.41, 5.74) is 1.90. The Balaban J connectivity index is 1.82. The smallest absolute Gasteiger partial charge is 0.246 e. The molecule has 0 spiro atoms. The quantitative estimate of drug-likeness (QED) is 0.477. The molecule has 0 bridgehead atoms. The summed E-state index contributed by atoms with van der Waals surface area (Å²) >= 11 is 0. The Morgan fingerprint density at radius 2 is 1.62 bits per heavy atom. The molecule has 0 atom stereocenters. The first-order valence-corrected chi connectivity index (χ1v) is 7.36. The number of hydrogen-bond donors (Lipinski definition) is 0. The molecular formula is C17H20F4. The van der Waals surface area contributed by atoms with E-state index in [4.69, 9.17) is 0 Å². The number of benzene rings is 1. The standard InChI is InChI=1S/C17H20F4/c18-12-14-5-9-16(10-6-14)15-7-3-13(4-8-15)2-1-11-17(19,20)21/h1-2,5-6,9-10,13,15H,3-4,7-8,11-12H2. The maximum Gasteiger partial charge on any atom is 0.392 e. The minimum Gasteiger partial charge on any atom is -0.246 e. The Bertz CT molecular complexity index is 451. The van der Waals surface area contributed by atoms with Crippen molar-refractivity contribution in [3.63, 3.8) is 0 Å². The Hall–Kier alpha value is -1.32. The van der Waals surface area contributed by atoms with Gasteiger partial charge in [-0.25, -0.2) is 4.39 Å². The van der Waals surface area contributed by atoms with Gasteiger partial charge in [-0.05, 0) is 48.6 Å². The van der Waals surface area contributed by atoms with Crippen molar-refractivity contribution in [2.75, 3.05) is 0 Å². The van der Waals surface area contributed by atoms with E-state index in [-0.39, 0.29) is 5.92 Å². The van der Waals surface area contributed by atoms with Gasteiger partial charge in [0.15, 0.2) is 0 Å². The summed E-state index contributed by atoms with van der Waals surface area (Å²) in [6.07, 6.45) is 1.83. The van der Waals surface area contributed by atoms with Crippen LogP contribution in [-0.4, -0.2) is 6.18 Å². The van der Waals surface area contributed by atoms with Gasteiger partial charge >= 0.3 is 6.18 Å². The van der Waals surface area contributed by atoms with Gasteiger partial charge in [0.2, 0.25) is 0 Å². The van der Waals surface area contributed by atoms with Crippen molar-refractivity contribution in [1.29, 1.82) is 0 Å². The molecule has 0 saturated heterocycles. The van der Waals surface area contributed by atoms with Gasteiger partial charge in [0.25, 0.3) is 0 Å². The van der Waals surface area contributed by atoms with Crippen molar-refractivity contribution in [3.05, 3.63) is 47.5 Å². The van der Waals surface area contributed by atoms with Crippen molar-refractivity contribution in [2.24, 2.45) is 5.92 Å². The van der Waals surface area contributed by atoms with Crippen LogP contribution in [0.4, 0.5) is 17.6 Å². The molecule has 0 nitrogen and oxygen atoms in total. The molecule has 0 heterocycles. The summed E-state index contributed by atoms with van der Waals surface area (Å²) in [5.74, 6) is 0.708. The first-order chi connectivity index (χ1) is 9.98. The number of halogens is 4. The predicted molar refractivity (Wildman–Crippen MR) is 75.8 cm³/mol. The van der Waals surface area contributed by atoms with Crippen LogP contribution in [0.5, 0.6) is 0 Å². The van der Waals surface area contributed by atoms with Gasteiger partial charge < -0.3 is 0 Å². The highest BCUT2D eigenvalue weighted by molar-refractivity contribution is 5.25. The Labute approximate surface area is 122 Å². The van der Waals surface area contributed by atoms with Gasteiger partial charge in [-0.2, -0.15) is 13.2 Å². The van der Waals surface area contributed by atoms with Gasteiger partial charge in [0.1, 0.15) is 6.67 Å². The summed E-state index contributed by atoms with van der Waals surface area (Å²) in [5, 5.41) is 0. The molecule has 1 fully saturated rings. The zero-order valence-electron chi connectivity index (χ0n) is 11.9. The van der Waals surface area contributed by atoms with E-state index in [1.165, 1.54) is 11.6 Å². The zero-order valence-corrected chi connectivity index (χ0v) is 11.9. The van der Waals surface area contributed by atoms with Crippen molar-refractivity contribution in [1.82, 2.24) is 0 Å². The maximum absolute atomic E-state index is 12.5. The number of allylic oxidation sites excluding steroid dienone is 2. The highest BCUT2D eigenvalue weighted by Crippen LogP contribution is 2.36. The second kappa shape index (κ2) is 7.10. The average molecular weight is 300 g/mol. The predicted octanol–water partition coefficient (Wildman–Crippen LogP) is 5.94. The van der Waals surface area contributed by atoms with Crippen LogP contribution in [-0.2, 0) is 6.67 Å². The van der Waals surface area contributed by atoms with Crippen LogP contribution in [0.15, 0.2) is 36.4 Å². The molecule has 1 aliphatic rings. The Morgan fingerprint density at radius 1 is 1.00 bits per heavy atom. The van der Waals surface area contributed by atoms with E-state index in [9.17, 15) is 17.6 Å². The molecule has 116 valence electrons. The summed E-state index contributed by atoms with van der Waals surface area (Å²) in [6, 6.07) is 7.56. The fourth-order valence-electron chi connectivity index (χ4n) is 2.92. The SMILES string of the molecule is FCc1ccc(C2CCC(C=CCC(F)(F)F)CC2)cc1. The molecule has 0 amide bonds. The number of alkyl halides is 4. The second-order valence-corrected chi connectivity index (χ2v) is 5.73. The Morgan fingerprint density at radius 3 is 2.14 bits per heavy atom. The monoisotopic (exact) mass is 300 g/mol. The van der Waals surface area contributed by atoms with Crippen LogP contribution in [0, 0.1) is 5.92 Å². The molecule has 0 aromatic heterocycles. The van der Waals surface area contributed by atoms with Gasteiger partial charge in [-0.1, -0.05) is 36.4 Å². The fourth-order valence-corrected chi connectivity index (χ4v) is 2.92. The van der Waals surface area contributed by atoms with Crippen LogP contribution in [0.1, 0.15) is 49.1 Å². The summed E-state index contributed by atoms with van der Waals surface area (Å²) < 4.78 is 48.7. The summed E-state index contributed by atoms with van der Waals surface area (Å²) in [6.45, 7) is -0.447. The largest absolute Gasteiger partial charge is 0.392 e. The van der Waals surface area contributed by atoms with Gasteiger partial charge in [0.05, 0.1) is 6.42 Å². The molecule has 0 unspecified atom stereocenters. The van der Waals surface area contributed by atoms with E-state index >= 15 is 0 Å². The van der Waals surface area contributed by atoms with E-state index in [1.807, 2.05) is 24.3 Å². The summed E-state index contributed by atoms with van der Waals surface area (Å²) in [4.78, 5) is 0. The molecular weight excluding hydrogens is 280 g/mol. The molecule has 1 aromatic carbocycles. The third kappa shape index (κ3) is 5.18. The van der Waals surface area contributed by atoms with Crippen LogP contribution in [0.25, 0.3) is 0 Å². The minimum atomic E-state index is -4.11. The normalized spacial score (nSPS) is 23.6. The highest BCUT2D eigenvalue weighted by Gasteiger charge is 2.25. The third-order valence-corrected chi connectivity index (χ3v) is 4.13. The van der Waals surface area contributed by atoms with Crippen molar-refractivity contribution in [3.8, 4) is 0 Å². The lowest BCUT2D eigenvalue weighted by atomic mass is 9.78. The molecule has 0 aliphatic heterocycles. The zero-order chi connectivity index (χ0) is 15.3. The number of hydrogen-bond acceptors (Lipinski definition) is 0. The first kappa shape index (κ1) is 16.1. The molecule has 0 N–H and O–H groups in total. The van der Waals surface area contributed by atoms with E-state index in [1.54, 1.807) is 6.08 Å². The average Bonchev–Trinajstić information content (AvgIpc) is 2.47. The second-order valence-electron chi connectivity index (χ2n) is 5.73. The van der Waals surface area contributed by atoms with Crippen molar-refractivity contribution in [2.45, 2.75) is 50.9 Å². The van der Waals surface area contributed by atoms with Crippen LogP contribution in [0.2, 0.25) is 0 Å². The topological polar surface area (TPSA) is 0 Å². The number of rotatable bonds is 4. The van der Waals surface area contributed by atoms with E-state index < -0.39 is 19.3 Å². The van der Waals surface area contributed by atoms with Crippen molar-refractivity contribution < 1.29 is 17.6 Å². The Kier molecular flexibility index (Phi) is 5.43. The maximum atomic E-state index is 12.5. The molecule has 1 aromatic rings. The van der Waals surface area contributed by atoms with Crippen LogP contribution < -0.4 is 0 Å². The van der Waals surface area contributed by atoms with E-state index in [0.29, 0.717) is 11.5 Å².